The molecule has 1 unspecified atom stereocenters. The van der Waals surface area contributed by atoms with Crippen molar-refractivity contribution in [1.29, 1.82) is 0 Å². The topological polar surface area (TPSA) is 86.1 Å². The number of aryl methyl sites for hydroxylation is 2. The zero-order chi connectivity index (χ0) is 21.6. The third-order valence-electron chi connectivity index (χ3n) is 5.59. The maximum Gasteiger partial charge on any atom is 0.338 e. The van der Waals surface area contributed by atoms with Crippen molar-refractivity contribution in [1.82, 2.24) is 20.1 Å². The summed E-state index contributed by atoms with van der Waals surface area (Å²) in [5.74, 6) is -0.842. The summed E-state index contributed by atoms with van der Waals surface area (Å²) in [6.07, 6.45) is 7.80. The Hall–Kier alpha value is -3.48. The number of aromatic nitrogens is 3. The third kappa shape index (κ3) is 5.36. The smallest absolute Gasteiger partial charge is 0.338 e. The lowest BCUT2D eigenvalue weighted by atomic mass is 9.89. The van der Waals surface area contributed by atoms with E-state index in [1.165, 1.54) is 30.3 Å². The molecule has 1 atom stereocenters. The first kappa shape index (κ1) is 20.8. The standard InChI is InChI=1S/C24H26N4O3/c1-17(21-11-10-19-4-2-3-5-22(19)12-21)27-23(29)14-31-24(30)20-8-6-18(7-9-20)13-28-16-25-15-26-28/h6-12,15-17H,2-5,13-14H2,1H3,(H,27,29). The summed E-state index contributed by atoms with van der Waals surface area (Å²) in [5, 5.41) is 6.97. The Morgan fingerprint density at radius 2 is 1.87 bits per heavy atom. The number of hydrogen-bond donors (Lipinski definition) is 1. The number of nitrogens with zero attached hydrogens (tertiary/aromatic N) is 3. The van der Waals surface area contributed by atoms with Gasteiger partial charge in [-0.3, -0.25) is 4.79 Å². The Kier molecular flexibility index (Phi) is 6.40. The Bertz CT molecular complexity index is 1050. The first-order chi connectivity index (χ1) is 15.1. The molecule has 1 aliphatic rings. The van der Waals surface area contributed by atoms with Crippen molar-refractivity contribution >= 4 is 11.9 Å². The van der Waals surface area contributed by atoms with E-state index in [0.29, 0.717) is 12.1 Å². The summed E-state index contributed by atoms with van der Waals surface area (Å²) in [4.78, 5) is 28.4. The first-order valence-electron chi connectivity index (χ1n) is 10.6. The summed E-state index contributed by atoms with van der Waals surface area (Å²) in [7, 11) is 0. The average molecular weight is 418 g/mol. The second kappa shape index (κ2) is 9.55. The molecule has 0 saturated carbocycles. The maximum atomic E-state index is 12.3. The second-order valence-corrected chi connectivity index (χ2v) is 7.89. The fourth-order valence-electron chi connectivity index (χ4n) is 3.85. The van der Waals surface area contributed by atoms with E-state index in [4.69, 9.17) is 4.74 Å². The molecule has 7 heteroatoms. The summed E-state index contributed by atoms with van der Waals surface area (Å²) in [6.45, 7) is 2.20. The van der Waals surface area contributed by atoms with Crippen LogP contribution in [-0.2, 0) is 28.9 Å². The summed E-state index contributed by atoms with van der Waals surface area (Å²) >= 11 is 0. The van der Waals surface area contributed by atoms with Gasteiger partial charge in [0.05, 0.1) is 18.2 Å². The fourth-order valence-corrected chi connectivity index (χ4v) is 3.85. The molecule has 1 N–H and O–H groups in total. The number of ether oxygens (including phenoxy) is 1. The van der Waals surface area contributed by atoms with E-state index in [9.17, 15) is 9.59 Å². The molecule has 0 aliphatic heterocycles. The molecule has 4 rings (SSSR count). The fraction of sp³-hybridized carbons (Fsp3) is 0.333. The molecule has 1 aromatic heterocycles. The molecule has 3 aromatic rings. The van der Waals surface area contributed by atoms with Gasteiger partial charge in [-0.15, -0.1) is 0 Å². The van der Waals surface area contributed by atoms with Crippen LogP contribution < -0.4 is 5.32 Å². The van der Waals surface area contributed by atoms with Gasteiger partial charge < -0.3 is 10.1 Å². The van der Waals surface area contributed by atoms with Gasteiger partial charge >= 0.3 is 5.97 Å². The first-order valence-corrected chi connectivity index (χ1v) is 10.6. The van der Waals surface area contributed by atoms with Crippen LogP contribution in [0.15, 0.2) is 55.1 Å². The SMILES string of the molecule is CC(NC(=O)COC(=O)c1ccc(Cn2cncn2)cc1)c1ccc2c(c1)CCCC2. The summed E-state index contributed by atoms with van der Waals surface area (Å²) in [5.41, 5.74) is 5.25. The molecule has 0 saturated heterocycles. The van der Waals surface area contributed by atoms with E-state index < -0.39 is 5.97 Å². The highest BCUT2D eigenvalue weighted by atomic mass is 16.5. The van der Waals surface area contributed by atoms with E-state index in [-0.39, 0.29) is 18.6 Å². The van der Waals surface area contributed by atoms with Crippen molar-refractivity contribution in [2.45, 2.75) is 45.2 Å². The van der Waals surface area contributed by atoms with Gasteiger partial charge in [-0.05, 0) is 67.0 Å². The highest BCUT2D eigenvalue weighted by Crippen LogP contribution is 2.24. The lowest BCUT2D eigenvalue weighted by Gasteiger charge is -2.20. The van der Waals surface area contributed by atoms with Crippen LogP contribution >= 0.6 is 0 Å². The van der Waals surface area contributed by atoms with Crippen LogP contribution in [0.4, 0.5) is 0 Å². The van der Waals surface area contributed by atoms with Crippen molar-refractivity contribution in [3.05, 3.63) is 82.9 Å². The lowest BCUT2D eigenvalue weighted by molar-refractivity contribution is -0.124. The zero-order valence-electron chi connectivity index (χ0n) is 17.6. The number of carbonyl (C=O) groups excluding carboxylic acids is 2. The van der Waals surface area contributed by atoms with Crippen LogP contribution in [0, 0.1) is 0 Å². The number of hydrogen-bond acceptors (Lipinski definition) is 5. The van der Waals surface area contributed by atoms with Crippen LogP contribution in [0.5, 0.6) is 0 Å². The quantitative estimate of drug-likeness (QED) is 0.596. The zero-order valence-corrected chi connectivity index (χ0v) is 17.6. The third-order valence-corrected chi connectivity index (χ3v) is 5.59. The van der Waals surface area contributed by atoms with Crippen molar-refractivity contribution < 1.29 is 14.3 Å². The van der Waals surface area contributed by atoms with Crippen molar-refractivity contribution in [2.24, 2.45) is 0 Å². The van der Waals surface area contributed by atoms with Gasteiger partial charge in [0.15, 0.2) is 6.61 Å². The van der Waals surface area contributed by atoms with E-state index >= 15 is 0 Å². The summed E-state index contributed by atoms with van der Waals surface area (Å²) in [6, 6.07) is 13.3. The number of esters is 1. The Balaban J connectivity index is 1.26. The maximum absolute atomic E-state index is 12.3. The molecule has 1 aliphatic carbocycles. The molecule has 0 radical (unpaired) electrons. The van der Waals surface area contributed by atoms with Gasteiger partial charge in [-0.1, -0.05) is 30.3 Å². The van der Waals surface area contributed by atoms with E-state index in [1.54, 1.807) is 23.1 Å². The molecule has 0 bridgehead atoms. The normalized spacial score (nSPS) is 13.8. The lowest BCUT2D eigenvalue weighted by Crippen LogP contribution is -2.31. The number of amides is 1. The van der Waals surface area contributed by atoms with Crippen LogP contribution in [0.3, 0.4) is 0 Å². The number of carbonyl (C=O) groups is 2. The van der Waals surface area contributed by atoms with Crippen LogP contribution in [0.25, 0.3) is 0 Å². The predicted octanol–water partition coefficient (Wildman–Crippen LogP) is 3.24. The van der Waals surface area contributed by atoms with Crippen molar-refractivity contribution in [3.8, 4) is 0 Å². The predicted molar refractivity (Wildman–Crippen MR) is 115 cm³/mol. The molecule has 0 fully saturated rings. The van der Waals surface area contributed by atoms with E-state index in [0.717, 1.165) is 24.0 Å². The molecule has 7 nitrogen and oxygen atoms in total. The number of nitrogens with one attached hydrogen (secondary N) is 1. The van der Waals surface area contributed by atoms with E-state index in [2.05, 4.69) is 33.6 Å². The van der Waals surface area contributed by atoms with Gasteiger partial charge in [0, 0.05) is 0 Å². The number of fused-ring (bicyclic) bond motifs is 1. The van der Waals surface area contributed by atoms with Crippen LogP contribution in [-0.4, -0.2) is 33.2 Å². The minimum Gasteiger partial charge on any atom is -0.452 e. The monoisotopic (exact) mass is 418 g/mol. The second-order valence-electron chi connectivity index (χ2n) is 7.89. The van der Waals surface area contributed by atoms with Gasteiger partial charge in [0.2, 0.25) is 0 Å². The van der Waals surface area contributed by atoms with Gasteiger partial charge in [0.25, 0.3) is 5.91 Å². The van der Waals surface area contributed by atoms with Gasteiger partial charge in [-0.2, -0.15) is 5.10 Å². The van der Waals surface area contributed by atoms with Crippen molar-refractivity contribution in [3.63, 3.8) is 0 Å². The molecule has 2 aromatic carbocycles. The molecule has 1 heterocycles. The summed E-state index contributed by atoms with van der Waals surface area (Å²) < 4.78 is 6.88. The largest absolute Gasteiger partial charge is 0.452 e. The highest BCUT2D eigenvalue weighted by molar-refractivity contribution is 5.91. The Morgan fingerprint density at radius 1 is 1.10 bits per heavy atom. The average Bonchev–Trinajstić information content (AvgIpc) is 3.30. The molecular weight excluding hydrogens is 392 g/mol. The molecule has 0 spiro atoms. The molecule has 1 amide bonds. The Labute approximate surface area is 181 Å². The van der Waals surface area contributed by atoms with E-state index in [1.807, 2.05) is 19.1 Å². The number of benzene rings is 2. The molecule has 160 valence electrons. The van der Waals surface area contributed by atoms with Crippen LogP contribution in [0.1, 0.15) is 58.4 Å². The van der Waals surface area contributed by atoms with Gasteiger partial charge in [0.1, 0.15) is 12.7 Å². The highest BCUT2D eigenvalue weighted by Gasteiger charge is 2.16. The minimum absolute atomic E-state index is 0.144. The van der Waals surface area contributed by atoms with Gasteiger partial charge in [-0.25, -0.2) is 14.5 Å². The molecule has 31 heavy (non-hydrogen) atoms. The van der Waals surface area contributed by atoms with Crippen LogP contribution in [0.2, 0.25) is 0 Å². The number of rotatable bonds is 7. The van der Waals surface area contributed by atoms with Crippen molar-refractivity contribution in [2.75, 3.05) is 6.61 Å². The Morgan fingerprint density at radius 3 is 2.61 bits per heavy atom. The molecular formula is C24H26N4O3. The minimum atomic E-state index is -0.524.